The number of Topliss-reactive ketones (excluding diaryl/α,β-unsaturated/α-hetero) is 1. The Hall–Kier alpha value is -3.74. The summed E-state index contributed by atoms with van der Waals surface area (Å²) in [7, 11) is 0. The van der Waals surface area contributed by atoms with Gasteiger partial charge < -0.3 is 14.4 Å². The van der Waals surface area contributed by atoms with E-state index >= 15 is 0 Å². The lowest BCUT2D eigenvalue weighted by atomic mass is 9.94. The van der Waals surface area contributed by atoms with Crippen LogP contribution in [0.5, 0.6) is 0 Å². The summed E-state index contributed by atoms with van der Waals surface area (Å²) >= 11 is 0. The maximum Gasteiger partial charge on any atom is 0.295 e. The van der Waals surface area contributed by atoms with Gasteiger partial charge in [-0.2, -0.15) is 4.98 Å². The van der Waals surface area contributed by atoms with Crippen LogP contribution >= 0.6 is 0 Å². The summed E-state index contributed by atoms with van der Waals surface area (Å²) in [6.45, 7) is 3.11. The van der Waals surface area contributed by atoms with E-state index in [0.717, 1.165) is 34.9 Å². The molecule has 5 rings (SSSR count). The van der Waals surface area contributed by atoms with Crippen LogP contribution in [-0.4, -0.2) is 44.8 Å². The topological polar surface area (TPSA) is 92.1 Å². The quantitative estimate of drug-likeness (QED) is 0.380. The van der Waals surface area contributed by atoms with Gasteiger partial charge in [-0.15, -0.1) is 0 Å². The van der Waals surface area contributed by atoms with Gasteiger partial charge in [0.2, 0.25) is 11.7 Å². The summed E-state index contributed by atoms with van der Waals surface area (Å²) < 4.78 is 5.49. The molecule has 0 spiro atoms. The number of rotatable bonds is 5. The Labute approximate surface area is 185 Å². The first-order chi connectivity index (χ1) is 15.6. The minimum absolute atomic E-state index is 0.175. The number of aryl methyl sites for hydroxylation is 1. The lowest BCUT2D eigenvalue weighted by molar-refractivity contribution is -0.128. The molecule has 0 unspecified atom stereocenters. The van der Waals surface area contributed by atoms with Crippen molar-refractivity contribution in [3.05, 3.63) is 71.7 Å². The zero-order chi connectivity index (χ0) is 22.1. The molecule has 1 fully saturated rings. The third-order valence-corrected chi connectivity index (χ3v) is 6.15. The molecule has 0 aliphatic carbocycles. The molecule has 3 heterocycles. The highest BCUT2D eigenvalue weighted by molar-refractivity contribution is 6.44. The van der Waals surface area contributed by atoms with Crippen molar-refractivity contribution >= 4 is 22.6 Å². The van der Waals surface area contributed by atoms with Gasteiger partial charge in [0.05, 0.1) is 5.56 Å². The number of aromatic nitrogens is 3. The van der Waals surface area contributed by atoms with Crippen molar-refractivity contribution in [2.45, 2.75) is 26.2 Å². The van der Waals surface area contributed by atoms with Crippen LogP contribution in [0.1, 0.15) is 34.7 Å². The van der Waals surface area contributed by atoms with E-state index in [-0.39, 0.29) is 5.92 Å². The van der Waals surface area contributed by atoms with Crippen molar-refractivity contribution in [1.29, 1.82) is 0 Å². The van der Waals surface area contributed by atoms with E-state index in [0.29, 0.717) is 36.8 Å². The highest BCUT2D eigenvalue weighted by Crippen LogP contribution is 2.25. The Morgan fingerprint density at radius 3 is 2.84 bits per heavy atom. The van der Waals surface area contributed by atoms with Crippen molar-refractivity contribution < 1.29 is 14.1 Å². The van der Waals surface area contributed by atoms with Crippen molar-refractivity contribution in [3.63, 3.8) is 0 Å². The first-order valence-corrected chi connectivity index (χ1v) is 10.9. The van der Waals surface area contributed by atoms with Crippen molar-refractivity contribution in [2.24, 2.45) is 5.92 Å². The predicted octanol–water partition coefficient (Wildman–Crippen LogP) is 4.19. The highest BCUT2D eigenvalue weighted by atomic mass is 16.5. The minimum Gasteiger partial charge on any atom is -0.360 e. The Bertz CT molecular complexity index is 1290. The number of carbonyl (C=O) groups is 2. The van der Waals surface area contributed by atoms with Gasteiger partial charge in [0.1, 0.15) is 0 Å². The number of fused-ring (bicyclic) bond motifs is 1. The Kier molecular flexibility index (Phi) is 5.31. The van der Waals surface area contributed by atoms with E-state index in [4.69, 9.17) is 4.52 Å². The lowest BCUT2D eigenvalue weighted by Crippen LogP contribution is -2.43. The van der Waals surface area contributed by atoms with Crippen molar-refractivity contribution in [1.82, 2.24) is 20.0 Å². The molecule has 7 heteroatoms. The maximum atomic E-state index is 13.0. The fourth-order valence-corrected chi connectivity index (χ4v) is 4.45. The number of ketones is 1. The largest absolute Gasteiger partial charge is 0.360 e. The number of amides is 1. The summed E-state index contributed by atoms with van der Waals surface area (Å²) in [5, 5.41) is 4.91. The number of piperidine rings is 1. The molecule has 0 radical (unpaired) electrons. The molecule has 0 bridgehead atoms. The molecule has 1 atom stereocenters. The van der Waals surface area contributed by atoms with Crippen molar-refractivity contribution in [2.75, 3.05) is 13.1 Å². The Morgan fingerprint density at radius 1 is 1.16 bits per heavy atom. The van der Waals surface area contributed by atoms with E-state index in [1.165, 1.54) is 0 Å². The number of hydrogen-bond donors (Lipinski definition) is 1. The van der Waals surface area contributed by atoms with Crippen molar-refractivity contribution in [3.8, 4) is 11.4 Å². The van der Waals surface area contributed by atoms with Gasteiger partial charge in [-0.3, -0.25) is 9.59 Å². The second-order valence-electron chi connectivity index (χ2n) is 8.37. The molecular formula is C25H24N4O3. The van der Waals surface area contributed by atoms with Crippen LogP contribution in [-0.2, 0) is 11.2 Å². The zero-order valence-electron chi connectivity index (χ0n) is 17.9. The van der Waals surface area contributed by atoms with Crippen LogP contribution < -0.4 is 0 Å². The predicted molar refractivity (Wildman–Crippen MR) is 120 cm³/mol. The van der Waals surface area contributed by atoms with E-state index < -0.39 is 11.7 Å². The van der Waals surface area contributed by atoms with Crippen LogP contribution in [0.15, 0.2) is 59.3 Å². The molecule has 1 aliphatic rings. The first kappa shape index (κ1) is 20.2. The molecule has 1 saturated heterocycles. The van der Waals surface area contributed by atoms with Crippen LogP contribution in [0.25, 0.3) is 22.3 Å². The molecule has 7 nitrogen and oxygen atoms in total. The number of likely N-dealkylation sites (tertiary alicyclic amines) is 1. The molecular weight excluding hydrogens is 404 g/mol. The molecule has 162 valence electrons. The number of carbonyl (C=O) groups excluding carboxylic acids is 2. The van der Waals surface area contributed by atoms with Gasteiger partial charge >= 0.3 is 0 Å². The average molecular weight is 428 g/mol. The normalized spacial score (nSPS) is 16.4. The smallest absolute Gasteiger partial charge is 0.295 e. The summed E-state index contributed by atoms with van der Waals surface area (Å²) in [5.74, 6) is 0.392. The summed E-state index contributed by atoms with van der Waals surface area (Å²) in [5.41, 5.74) is 3.31. The van der Waals surface area contributed by atoms with E-state index in [9.17, 15) is 9.59 Å². The summed E-state index contributed by atoms with van der Waals surface area (Å²) in [6.07, 6.45) is 4.01. The Morgan fingerprint density at radius 2 is 1.97 bits per heavy atom. The number of aromatic amines is 1. The second kappa shape index (κ2) is 8.42. The zero-order valence-corrected chi connectivity index (χ0v) is 17.9. The number of para-hydroxylation sites is 1. The molecule has 1 N–H and O–H groups in total. The average Bonchev–Trinajstić information content (AvgIpc) is 3.46. The van der Waals surface area contributed by atoms with Crippen LogP contribution in [0.4, 0.5) is 0 Å². The Balaban J connectivity index is 1.27. The standard InChI is InChI=1S/C25H24N4O3/c1-16-7-2-3-9-18(16)24-27-22(32-28-24)13-17-8-6-12-29(15-17)25(31)23(30)20-14-26-21-11-5-4-10-19(20)21/h2-5,7,9-11,14,17,26H,6,8,12-13,15H2,1H3/t17-/m0/s1. The third-order valence-electron chi connectivity index (χ3n) is 6.15. The fourth-order valence-electron chi connectivity index (χ4n) is 4.45. The van der Waals surface area contributed by atoms with E-state index in [2.05, 4.69) is 15.1 Å². The maximum absolute atomic E-state index is 13.0. The number of H-pyrrole nitrogens is 1. The molecule has 1 aliphatic heterocycles. The third kappa shape index (κ3) is 3.82. The first-order valence-electron chi connectivity index (χ1n) is 10.9. The number of nitrogens with zero attached hydrogens (tertiary/aromatic N) is 3. The minimum atomic E-state index is -0.470. The van der Waals surface area contributed by atoms with Gasteiger partial charge in [0.25, 0.3) is 11.7 Å². The van der Waals surface area contributed by atoms with E-state index in [1.807, 2.05) is 55.5 Å². The SMILES string of the molecule is Cc1ccccc1-c1noc(C[C@@H]2CCCN(C(=O)C(=O)c3c[nH]c4ccccc34)C2)n1. The van der Waals surface area contributed by atoms with Gasteiger partial charge in [-0.25, -0.2) is 0 Å². The van der Waals surface area contributed by atoms with Gasteiger partial charge in [0, 0.05) is 42.2 Å². The number of benzene rings is 2. The summed E-state index contributed by atoms with van der Waals surface area (Å²) in [6, 6.07) is 15.4. The monoisotopic (exact) mass is 428 g/mol. The van der Waals surface area contributed by atoms with Crippen LogP contribution in [0, 0.1) is 12.8 Å². The molecule has 4 aromatic rings. The van der Waals surface area contributed by atoms with Gasteiger partial charge in [0.15, 0.2) is 0 Å². The molecule has 32 heavy (non-hydrogen) atoms. The van der Waals surface area contributed by atoms with Gasteiger partial charge in [-0.05, 0) is 37.3 Å². The molecule has 0 saturated carbocycles. The van der Waals surface area contributed by atoms with Crippen LogP contribution in [0.3, 0.4) is 0 Å². The van der Waals surface area contributed by atoms with Crippen LogP contribution in [0.2, 0.25) is 0 Å². The number of nitrogens with one attached hydrogen (secondary N) is 1. The van der Waals surface area contributed by atoms with E-state index in [1.54, 1.807) is 11.1 Å². The highest BCUT2D eigenvalue weighted by Gasteiger charge is 2.30. The van der Waals surface area contributed by atoms with Gasteiger partial charge in [-0.1, -0.05) is 47.6 Å². The molecule has 2 aromatic heterocycles. The lowest BCUT2D eigenvalue weighted by Gasteiger charge is -2.31. The molecule has 2 aromatic carbocycles. The summed E-state index contributed by atoms with van der Waals surface area (Å²) in [4.78, 5) is 35.2. The second-order valence-corrected chi connectivity index (χ2v) is 8.37. The number of hydrogen-bond acceptors (Lipinski definition) is 5. The molecule has 1 amide bonds. The fraction of sp³-hybridized carbons (Fsp3) is 0.280.